The number of nitrogens with one attached hydrogen (secondary N) is 2. The standard InChI is InChI=1S/C19H16ClFN6/c1-11-9-12(20)3-8-16(11)24-17-15-10-22-27(2)18(15)26-19(25-17)23-14-6-4-13(21)5-7-14/h3-10H,1-2H3,(H2,23,24,25,26). The normalized spacial score (nSPS) is 11.0. The highest BCUT2D eigenvalue weighted by atomic mass is 35.5. The summed E-state index contributed by atoms with van der Waals surface area (Å²) in [4.78, 5) is 9.09. The van der Waals surface area contributed by atoms with Crippen LogP contribution in [0.2, 0.25) is 5.02 Å². The first-order valence-electron chi connectivity index (χ1n) is 8.25. The van der Waals surface area contributed by atoms with Crippen LogP contribution in [0.15, 0.2) is 48.7 Å². The Morgan fingerprint density at radius 3 is 2.56 bits per heavy atom. The predicted octanol–water partition coefficient (Wildman–Crippen LogP) is 4.95. The van der Waals surface area contributed by atoms with Crippen molar-refractivity contribution in [2.45, 2.75) is 6.92 Å². The molecule has 6 nitrogen and oxygen atoms in total. The number of fused-ring (bicyclic) bond motifs is 1. The van der Waals surface area contributed by atoms with Gasteiger partial charge in [-0.15, -0.1) is 0 Å². The monoisotopic (exact) mass is 382 g/mol. The molecule has 4 aromatic rings. The second-order valence-electron chi connectivity index (χ2n) is 6.12. The largest absolute Gasteiger partial charge is 0.339 e. The lowest BCUT2D eigenvalue weighted by Gasteiger charge is -2.12. The lowest BCUT2D eigenvalue weighted by molar-refractivity contribution is 0.628. The lowest BCUT2D eigenvalue weighted by Crippen LogP contribution is -2.04. The molecule has 0 atom stereocenters. The van der Waals surface area contributed by atoms with Gasteiger partial charge in [0.1, 0.15) is 11.6 Å². The molecule has 0 amide bonds. The zero-order valence-corrected chi connectivity index (χ0v) is 15.4. The Kier molecular flexibility index (Phi) is 4.37. The molecule has 0 spiro atoms. The Hall–Kier alpha value is -3.19. The molecular weight excluding hydrogens is 367 g/mol. The molecule has 8 heteroatoms. The number of aromatic nitrogens is 4. The van der Waals surface area contributed by atoms with E-state index < -0.39 is 0 Å². The third kappa shape index (κ3) is 3.54. The van der Waals surface area contributed by atoms with Gasteiger partial charge in [0.15, 0.2) is 5.65 Å². The summed E-state index contributed by atoms with van der Waals surface area (Å²) in [5.41, 5.74) is 3.23. The average molecular weight is 383 g/mol. The van der Waals surface area contributed by atoms with Crippen molar-refractivity contribution in [3.05, 3.63) is 65.1 Å². The molecule has 0 aliphatic carbocycles. The Labute approximate surface area is 160 Å². The van der Waals surface area contributed by atoms with E-state index in [2.05, 4.69) is 25.7 Å². The van der Waals surface area contributed by atoms with E-state index in [9.17, 15) is 4.39 Å². The summed E-state index contributed by atoms with van der Waals surface area (Å²) < 4.78 is 14.8. The summed E-state index contributed by atoms with van der Waals surface area (Å²) in [5.74, 6) is 0.694. The molecule has 0 bridgehead atoms. The first kappa shape index (κ1) is 17.2. The molecule has 2 aromatic carbocycles. The SMILES string of the molecule is Cc1cc(Cl)ccc1Nc1nc(Nc2ccc(F)cc2)nc2c1cnn2C. The van der Waals surface area contributed by atoms with Crippen molar-refractivity contribution < 1.29 is 4.39 Å². The van der Waals surface area contributed by atoms with Gasteiger partial charge in [-0.2, -0.15) is 15.1 Å². The fraction of sp³-hybridized carbons (Fsp3) is 0.105. The maximum absolute atomic E-state index is 13.1. The summed E-state index contributed by atoms with van der Waals surface area (Å²) in [6.45, 7) is 1.97. The zero-order valence-electron chi connectivity index (χ0n) is 14.7. The van der Waals surface area contributed by atoms with Crippen molar-refractivity contribution in [1.82, 2.24) is 19.7 Å². The van der Waals surface area contributed by atoms with Crippen LogP contribution >= 0.6 is 11.6 Å². The molecule has 0 unspecified atom stereocenters. The van der Waals surface area contributed by atoms with Crippen LogP contribution in [0.25, 0.3) is 11.0 Å². The van der Waals surface area contributed by atoms with Crippen LogP contribution in [0.4, 0.5) is 27.5 Å². The van der Waals surface area contributed by atoms with E-state index in [4.69, 9.17) is 11.6 Å². The molecule has 2 heterocycles. The van der Waals surface area contributed by atoms with E-state index in [0.717, 1.165) is 16.6 Å². The van der Waals surface area contributed by atoms with Gasteiger partial charge in [0.2, 0.25) is 5.95 Å². The van der Waals surface area contributed by atoms with Crippen molar-refractivity contribution in [3.8, 4) is 0 Å². The topological polar surface area (TPSA) is 67.7 Å². The number of halogens is 2. The van der Waals surface area contributed by atoms with Crippen LogP contribution < -0.4 is 10.6 Å². The van der Waals surface area contributed by atoms with Gasteiger partial charge in [-0.05, 0) is 55.0 Å². The van der Waals surface area contributed by atoms with Crippen LogP contribution in [0.5, 0.6) is 0 Å². The van der Waals surface area contributed by atoms with Crippen LogP contribution in [0, 0.1) is 12.7 Å². The maximum Gasteiger partial charge on any atom is 0.231 e. The quantitative estimate of drug-likeness (QED) is 0.522. The van der Waals surface area contributed by atoms with Crippen molar-refractivity contribution in [2.24, 2.45) is 7.05 Å². The van der Waals surface area contributed by atoms with E-state index in [1.54, 1.807) is 23.0 Å². The van der Waals surface area contributed by atoms with Gasteiger partial charge in [0.05, 0.1) is 11.6 Å². The first-order valence-corrected chi connectivity index (χ1v) is 8.63. The Morgan fingerprint density at radius 2 is 1.81 bits per heavy atom. The molecule has 4 rings (SSSR count). The Bertz CT molecular complexity index is 1120. The predicted molar refractivity (Wildman–Crippen MR) is 105 cm³/mol. The van der Waals surface area contributed by atoms with Crippen LogP contribution in [-0.2, 0) is 7.05 Å². The van der Waals surface area contributed by atoms with Crippen LogP contribution in [0.3, 0.4) is 0 Å². The van der Waals surface area contributed by atoms with Crippen molar-refractivity contribution >= 4 is 45.8 Å². The van der Waals surface area contributed by atoms with Gasteiger partial charge in [-0.1, -0.05) is 11.6 Å². The fourth-order valence-electron chi connectivity index (χ4n) is 2.73. The van der Waals surface area contributed by atoms with Crippen molar-refractivity contribution in [3.63, 3.8) is 0 Å². The molecule has 0 saturated carbocycles. The Balaban J connectivity index is 1.75. The van der Waals surface area contributed by atoms with Gasteiger partial charge in [0.25, 0.3) is 0 Å². The van der Waals surface area contributed by atoms with Gasteiger partial charge in [0, 0.05) is 23.4 Å². The van der Waals surface area contributed by atoms with Crippen LogP contribution in [0.1, 0.15) is 5.56 Å². The summed E-state index contributed by atoms with van der Waals surface area (Å²) in [5, 5.41) is 12.2. The summed E-state index contributed by atoms with van der Waals surface area (Å²) in [6, 6.07) is 11.6. The van der Waals surface area contributed by atoms with E-state index in [-0.39, 0.29) is 5.82 Å². The van der Waals surface area contributed by atoms with Gasteiger partial charge < -0.3 is 10.6 Å². The Morgan fingerprint density at radius 1 is 1.04 bits per heavy atom. The molecule has 0 aliphatic rings. The number of hydrogen-bond donors (Lipinski definition) is 2. The number of rotatable bonds is 4. The van der Waals surface area contributed by atoms with Gasteiger partial charge in [-0.3, -0.25) is 4.68 Å². The summed E-state index contributed by atoms with van der Waals surface area (Å²) >= 11 is 6.04. The highest BCUT2D eigenvalue weighted by Crippen LogP contribution is 2.28. The number of benzene rings is 2. The highest BCUT2D eigenvalue weighted by molar-refractivity contribution is 6.30. The van der Waals surface area contributed by atoms with Gasteiger partial charge >= 0.3 is 0 Å². The van der Waals surface area contributed by atoms with E-state index in [0.29, 0.717) is 28.1 Å². The zero-order chi connectivity index (χ0) is 19.0. The third-order valence-corrected chi connectivity index (χ3v) is 4.37. The minimum absolute atomic E-state index is 0.302. The molecule has 136 valence electrons. The minimum Gasteiger partial charge on any atom is -0.339 e. The van der Waals surface area contributed by atoms with Crippen LogP contribution in [-0.4, -0.2) is 19.7 Å². The average Bonchev–Trinajstić information content (AvgIpc) is 3.01. The third-order valence-electron chi connectivity index (χ3n) is 4.13. The van der Waals surface area contributed by atoms with E-state index in [1.165, 1.54) is 12.1 Å². The molecule has 0 radical (unpaired) electrons. The molecule has 0 aliphatic heterocycles. The number of hydrogen-bond acceptors (Lipinski definition) is 5. The number of nitrogens with zero attached hydrogens (tertiary/aromatic N) is 4. The van der Waals surface area contributed by atoms with Crippen molar-refractivity contribution in [2.75, 3.05) is 10.6 Å². The second kappa shape index (κ2) is 6.85. The number of anilines is 4. The molecule has 2 N–H and O–H groups in total. The molecule has 27 heavy (non-hydrogen) atoms. The summed E-state index contributed by atoms with van der Waals surface area (Å²) in [7, 11) is 1.81. The highest BCUT2D eigenvalue weighted by Gasteiger charge is 2.13. The van der Waals surface area contributed by atoms with E-state index >= 15 is 0 Å². The second-order valence-corrected chi connectivity index (χ2v) is 6.55. The molecular formula is C19H16ClFN6. The fourth-order valence-corrected chi connectivity index (χ4v) is 2.96. The van der Waals surface area contributed by atoms with E-state index in [1.807, 2.05) is 32.2 Å². The summed E-state index contributed by atoms with van der Waals surface area (Å²) in [6.07, 6.45) is 1.71. The number of aryl methyl sites for hydroxylation is 2. The maximum atomic E-state index is 13.1. The molecule has 2 aromatic heterocycles. The molecule has 0 saturated heterocycles. The first-order chi connectivity index (χ1) is 13.0. The molecule has 0 fully saturated rings. The minimum atomic E-state index is -0.302. The smallest absolute Gasteiger partial charge is 0.231 e. The van der Waals surface area contributed by atoms with Gasteiger partial charge in [-0.25, -0.2) is 4.39 Å². The lowest BCUT2D eigenvalue weighted by atomic mass is 10.2. The van der Waals surface area contributed by atoms with Crippen molar-refractivity contribution in [1.29, 1.82) is 0 Å².